The Bertz CT molecular complexity index is 581. The predicted molar refractivity (Wildman–Crippen MR) is 78.6 cm³/mol. The number of allylic oxidation sites excluding steroid dienone is 1. The summed E-state index contributed by atoms with van der Waals surface area (Å²) in [5.41, 5.74) is 11.2. The third-order valence-electron chi connectivity index (χ3n) is 3.15. The first-order valence-corrected chi connectivity index (χ1v) is 6.20. The van der Waals surface area contributed by atoms with Crippen LogP contribution in [0.25, 0.3) is 5.70 Å². The Kier molecular flexibility index (Phi) is 3.95. The van der Waals surface area contributed by atoms with Crippen molar-refractivity contribution in [1.29, 1.82) is 0 Å². The Morgan fingerprint density at radius 3 is 3.00 bits per heavy atom. The highest BCUT2D eigenvalue weighted by atomic mass is 16.5. The lowest BCUT2D eigenvalue weighted by Crippen LogP contribution is -2.38. The van der Waals surface area contributed by atoms with Crippen molar-refractivity contribution in [1.82, 2.24) is 5.43 Å². The maximum absolute atomic E-state index is 11.9. The molecule has 1 aromatic rings. The molecule has 6 heteroatoms. The first kappa shape index (κ1) is 14.0. The quantitative estimate of drug-likeness (QED) is 0.427. The van der Waals surface area contributed by atoms with Crippen molar-refractivity contribution in [3.05, 3.63) is 42.1 Å². The van der Waals surface area contributed by atoms with E-state index in [0.29, 0.717) is 29.4 Å². The number of hydrogen-bond donors (Lipinski definition) is 3. The zero-order valence-corrected chi connectivity index (χ0v) is 11.3. The van der Waals surface area contributed by atoms with E-state index in [2.05, 4.69) is 12.0 Å². The molecule has 0 bridgehead atoms. The van der Waals surface area contributed by atoms with Crippen molar-refractivity contribution >= 4 is 17.3 Å². The van der Waals surface area contributed by atoms with Gasteiger partial charge < -0.3 is 20.8 Å². The molecule has 106 valence electrons. The van der Waals surface area contributed by atoms with Gasteiger partial charge in [0.2, 0.25) is 0 Å². The van der Waals surface area contributed by atoms with Gasteiger partial charge in [-0.15, -0.1) is 6.58 Å². The van der Waals surface area contributed by atoms with Crippen LogP contribution >= 0.6 is 0 Å². The van der Waals surface area contributed by atoms with E-state index in [-0.39, 0.29) is 12.5 Å². The van der Waals surface area contributed by atoms with Crippen LogP contribution in [0.5, 0.6) is 5.75 Å². The smallest absolute Gasteiger partial charge is 0.265 e. The molecule has 0 spiro atoms. The summed E-state index contributed by atoms with van der Waals surface area (Å²) in [6.45, 7) is 5.91. The second kappa shape index (κ2) is 5.66. The number of hydrazine groups is 1. The summed E-state index contributed by atoms with van der Waals surface area (Å²) in [6, 6.07) is 5.44. The Balaban J connectivity index is 2.48. The Morgan fingerprint density at radius 1 is 1.60 bits per heavy atom. The standard InChI is InChI=1S/C14H18N4O2/c1-3-6-18-11-7-10(14(15)9(2)17-16)4-5-12(11)20-8-13(18)19/h3-5,7,17H,1,6,8,15-16H2,2H3/b14-9-. The predicted octanol–water partition coefficient (Wildman–Crippen LogP) is 0.708. The van der Waals surface area contributed by atoms with Crippen LogP contribution in [-0.2, 0) is 4.79 Å². The van der Waals surface area contributed by atoms with Crippen molar-refractivity contribution in [2.75, 3.05) is 18.1 Å². The lowest BCUT2D eigenvalue weighted by atomic mass is 10.1. The third-order valence-corrected chi connectivity index (χ3v) is 3.15. The minimum absolute atomic E-state index is 0.0366. The van der Waals surface area contributed by atoms with Gasteiger partial charge in [0.05, 0.1) is 11.4 Å². The zero-order valence-electron chi connectivity index (χ0n) is 11.3. The summed E-state index contributed by atoms with van der Waals surface area (Å²) in [7, 11) is 0. The van der Waals surface area contributed by atoms with Gasteiger partial charge in [-0.3, -0.25) is 10.6 Å². The molecule has 20 heavy (non-hydrogen) atoms. The van der Waals surface area contributed by atoms with Crippen LogP contribution in [0.1, 0.15) is 12.5 Å². The van der Waals surface area contributed by atoms with E-state index in [1.54, 1.807) is 24.0 Å². The van der Waals surface area contributed by atoms with Gasteiger partial charge >= 0.3 is 0 Å². The summed E-state index contributed by atoms with van der Waals surface area (Å²) >= 11 is 0. The molecule has 6 nitrogen and oxygen atoms in total. The molecule has 1 aliphatic rings. The van der Waals surface area contributed by atoms with E-state index in [1.807, 2.05) is 12.1 Å². The molecule has 1 amide bonds. The lowest BCUT2D eigenvalue weighted by molar-refractivity contribution is -0.121. The van der Waals surface area contributed by atoms with Gasteiger partial charge in [-0.1, -0.05) is 6.08 Å². The van der Waals surface area contributed by atoms with Crippen molar-refractivity contribution in [2.24, 2.45) is 11.6 Å². The minimum Gasteiger partial charge on any atom is -0.482 e. The lowest BCUT2D eigenvalue weighted by Gasteiger charge is -2.29. The first-order valence-electron chi connectivity index (χ1n) is 6.20. The van der Waals surface area contributed by atoms with Crippen molar-refractivity contribution in [3.63, 3.8) is 0 Å². The number of fused-ring (bicyclic) bond motifs is 1. The summed E-state index contributed by atoms with van der Waals surface area (Å²) in [6.07, 6.45) is 1.67. The van der Waals surface area contributed by atoms with Crippen LogP contribution in [0.2, 0.25) is 0 Å². The molecule has 5 N–H and O–H groups in total. The maximum atomic E-state index is 11.9. The number of nitrogens with one attached hydrogen (secondary N) is 1. The first-order chi connectivity index (χ1) is 9.58. The number of nitrogens with zero attached hydrogens (tertiary/aromatic N) is 1. The number of anilines is 1. The van der Waals surface area contributed by atoms with Crippen LogP contribution in [-0.4, -0.2) is 19.1 Å². The van der Waals surface area contributed by atoms with Crippen molar-refractivity contribution in [3.8, 4) is 5.75 Å². The normalized spacial score (nSPS) is 15.1. The molecule has 1 aliphatic heterocycles. The maximum Gasteiger partial charge on any atom is 0.265 e. The fraction of sp³-hybridized carbons (Fsp3) is 0.214. The SMILES string of the molecule is C=CCN1C(=O)COc2ccc(/C(N)=C(\C)NN)cc21. The van der Waals surface area contributed by atoms with Crippen molar-refractivity contribution in [2.45, 2.75) is 6.92 Å². The van der Waals surface area contributed by atoms with Gasteiger partial charge in [-0.25, -0.2) is 0 Å². The highest BCUT2D eigenvalue weighted by Gasteiger charge is 2.25. The molecule has 1 heterocycles. The highest BCUT2D eigenvalue weighted by molar-refractivity contribution is 5.98. The van der Waals surface area contributed by atoms with Gasteiger partial charge in [0.15, 0.2) is 6.61 Å². The van der Waals surface area contributed by atoms with Crippen molar-refractivity contribution < 1.29 is 9.53 Å². The number of nitrogens with two attached hydrogens (primary N) is 2. The number of benzene rings is 1. The summed E-state index contributed by atoms with van der Waals surface area (Å²) < 4.78 is 5.41. The van der Waals surface area contributed by atoms with E-state index < -0.39 is 0 Å². The number of ether oxygens (including phenoxy) is 1. The van der Waals surface area contributed by atoms with E-state index in [4.69, 9.17) is 16.3 Å². The number of amides is 1. The zero-order chi connectivity index (χ0) is 14.7. The number of rotatable bonds is 4. The van der Waals surface area contributed by atoms with Crippen LogP contribution in [0.15, 0.2) is 36.6 Å². The Labute approximate surface area is 117 Å². The summed E-state index contributed by atoms with van der Waals surface area (Å²) in [5, 5.41) is 0. The van der Waals surface area contributed by atoms with Gasteiger partial charge in [0, 0.05) is 17.8 Å². The van der Waals surface area contributed by atoms with E-state index >= 15 is 0 Å². The largest absolute Gasteiger partial charge is 0.482 e. The molecule has 0 atom stereocenters. The van der Waals surface area contributed by atoms with Crippen LogP contribution in [0.4, 0.5) is 5.69 Å². The van der Waals surface area contributed by atoms with E-state index in [0.717, 1.165) is 5.56 Å². The summed E-state index contributed by atoms with van der Waals surface area (Å²) in [5.74, 6) is 5.90. The molecule has 0 radical (unpaired) electrons. The molecular weight excluding hydrogens is 256 g/mol. The monoisotopic (exact) mass is 274 g/mol. The molecule has 0 fully saturated rings. The van der Waals surface area contributed by atoms with E-state index in [1.165, 1.54) is 0 Å². The third kappa shape index (κ3) is 2.46. The van der Waals surface area contributed by atoms with E-state index in [9.17, 15) is 4.79 Å². The highest BCUT2D eigenvalue weighted by Crippen LogP contribution is 2.34. The second-order valence-electron chi connectivity index (χ2n) is 4.45. The number of carbonyl (C=O) groups excluding carboxylic acids is 1. The van der Waals surface area contributed by atoms with Gasteiger partial charge in [-0.05, 0) is 25.1 Å². The second-order valence-corrected chi connectivity index (χ2v) is 4.45. The Morgan fingerprint density at radius 2 is 2.35 bits per heavy atom. The fourth-order valence-corrected chi connectivity index (χ4v) is 1.99. The van der Waals surface area contributed by atoms with Crippen LogP contribution in [0.3, 0.4) is 0 Å². The van der Waals surface area contributed by atoms with Crippen LogP contribution in [0, 0.1) is 0 Å². The van der Waals surface area contributed by atoms with Crippen LogP contribution < -0.4 is 26.6 Å². The molecule has 0 saturated heterocycles. The van der Waals surface area contributed by atoms with Gasteiger partial charge in [0.1, 0.15) is 5.75 Å². The molecule has 0 aliphatic carbocycles. The average Bonchev–Trinajstić information content (AvgIpc) is 2.48. The molecule has 0 unspecified atom stereocenters. The fourth-order valence-electron chi connectivity index (χ4n) is 1.99. The molecule has 0 saturated carbocycles. The number of carbonyl (C=O) groups is 1. The molecular formula is C14H18N4O2. The molecule has 2 rings (SSSR count). The average molecular weight is 274 g/mol. The van der Waals surface area contributed by atoms with Gasteiger partial charge in [-0.2, -0.15) is 0 Å². The topological polar surface area (TPSA) is 93.6 Å². The Hall–Kier alpha value is -2.47. The number of hydrogen-bond acceptors (Lipinski definition) is 5. The molecule has 0 aromatic heterocycles. The molecule has 1 aromatic carbocycles. The van der Waals surface area contributed by atoms with Gasteiger partial charge in [0.25, 0.3) is 5.91 Å². The summed E-state index contributed by atoms with van der Waals surface area (Å²) in [4.78, 5) is 13.5. The minimum atomic E-state index is -0.106.